The average molecular weight is 413 g/mol. The lowest BCUT2D eigenvalue weighted by atomic mass is 10.2. The Balaban J connectivity index is 1.87. The van der Waals surface area contributed by atoms with Crippen LogP contribution in [-0.2, 0) is 21.2 Å². The van der Waals surface area contributed by atoms with E-state index in [1.807, 2.05) is 0 Å². The molecule has 0 aliphatic carbocycles. The Morgan fingerprint density at radius 2 is 1.75 bits per heavy atom. The zero-order valence-corrected chi connectivity index (χ0v) is 15.2. The minimum Gasteiger partial charge on any atom is -0.308 e. The number of carbonyl (C=O) groups is 2. The van der Waals surface area contributed by atoms with Crippen LogP contribution in [0.15, 0.2) is 53.7 Å². The minimum atomic E-state index is -5.51. The van der Waals surface area contributed by atoms with Crippen LogP contribution in [0, 0.1) is 0 Å². The summed E-state index contributed by atoms with van der Waals surface area (Å²) < 4.78 is 60.8. The van der Waals surface area contributed by atoms with Crippen LogP contribution >= 0.6 is 0 Å². The number of alkyl halides is 3. The van der Waals surface area contributed by atoms with Crippen LogP contribution < -0.4 is 4.90 Å². The highest BCUT2D eigenvalue weighted by Gasteiger charge is 2.47. The molecule has 2 aromatic rings. The molecule has 0 bridgehead atoms. The van der Waals surface area contributed by atoms with E-state index >= 15 is 0 Å². The second-order valence-electron chi connectivity index (χ2n) is 6.06. The molecule has 1 aromatic heterocycles. The quantitative estimate of drug-likeness (QED) is 0.720. The zero-order valence-electron chi connectivity index (χ0n) is 14.4. The molecule has 0 N–H and O–H groups in total. The third kappa shape index (κ3) is 3.33. The summed E-state index contributed by atoms with van der Waals surface area (Å²) in [5.74, 6) is -0.569. The third-order valence-electron chi connectivity index (χ3n) is 4.27. The number of pyridine rings is 1. The molecular formula is C17H14F3N3O4S. The van der Waals surface area contributed by atoms with Crippen molar-refractivity contribution in [3.05, 3.63) is 54.4 Å². The van der Waals surface area contributed by atoms with Crippen molar-refractivity contribution in [3.8, 4) is 0 Å². The van der Waals surface area contributed by atoms with E-state index in [1.165, 1.54) is 11.8 Å². The van der Waals surface area contributed by atoms with E-state index < -0.39 is 38.2 Å². The predicted octanol–water partition coefficient (Wildman–Crippen LogP) is 2.73. The standard InChI is InChI=1S/C17H14F3N3O4S/c1-11-15(24)23(16(25)22(11)10-12-3-2-8-21-9-12)13-4-6-14(7-5-13)28(26,27)17(18,19)20/h2-9,11H,10H2,1H3/t11-/m0/s1. The fourth-order valence-electron chi connectivity index (χ4n) is 2.75. The SMILES string of the molecule is C[C@H]1C(=O)N(c2ccc(S(=O)(=O)C(F)(F)F)cc2)C(=O)N1Cc1cccnc1. The Morgan fingerprint density at radius 3 is 2.29 bits per heavy atom. The Morgan fingerprint density at radius 1 is 1.11 bits per heavy atom. The summed E-state index contributed by atoms with van der Waals surface area (Å²) in [6.45, 7) is 1.65. The molecule has 7 nitrogen and oxygen atoms in total. The van der Waals surface area contributed by atoms with Crippen molar-refractivity contribution >= 4 is 27.5 Å². The van der Waals surface area contributed by atoms with Gasteiger partial charge in [0.25, 0.3) is 15.7 Å². The molecule has 1 aromatic carbocycles. The zero-order chi connectivity index (χ0) is 20.7. The second-order valence-corrected chi connectivity index (χ2v) is 8.01. The number of hydrogen-bond acceptors (Lipinski definition) is 5. The van der Waals surface area contributed by atoms with Gasteiger partial charge in [0.15, 0.2) is 0 Å². The third-order valence-corrected chi connectivity index (χ3v) is 5.77. The smallest absolute Gasteiger partial charge is 0.308 e. The summed E-state index contributed by atoms with van der Waals surface area (Å²) in [5, 5.41) is 0. The molecule has 1 aliphatic heterocycles. The lowest BCUT2D eigenvalue weighted by Crippen LogP contribution is -2.33. The molecule has 0 spiro atoms. The van der Waals surface area contributed by atoms with E-state index in [0.29, 0.717) is 17.7 Å². The van der Waals surface area contributed by atoms with Gasteiger partial charge in [0.2, 0.25) is 0 Å². The molecule has 1 aliphatic rings. The van der Waals surface area contributed by atoms with E-state index in [0.717, 1.165) is 17.0 Å². The molecule has 1 atom stereocenters. The van der Waals surface area contributed by atoms with Crippen molar-refractivity contribution in [1.82, 2.24) is 9.88 Å². The highest BCUT2D eigenvalue weighted by atomic mass is 32.2. The highest BCUT2D eigenvalue weighted by molar-refractivity contribution is 7.92. The van der Waals surface area contributed by atoms with Crippen LogP contribution in [0.25, 0.3) is 0 Å². The first-order valence-electron chi connectivity index (χ1n) is 7.99. The molecule has 3 rings (SSSR count). The Bertz CT molecular complexity index is 1010. The number of rotatable bonds is 4. The van der Waals surface area contributed by atoms with Crippen molar-refractivity contribution in [3.63, 3.8) is 0 Å². The molecule has 11 heteroatoms. The number of aromatic nitrogens is 1. The highest BCUT2D eigenvalue weighted by Crippen LogP contribution is 2.32. The van der Waals surface area contributed by atoms with E-state index in [4.69, 9.17) is 0 Å². The van der Waals surface area contributed by atoms with Crippen LogP contribution in [0.5, 0.6) is 0 Å². The molecule has 1 saturated heterocycles. The molecule has 0 radical (unpaired) electrons. The van der Waals surface area contributed by atoms with Gasteiger partial charge in [0.1, 0.15) is 6.04 Å². The molecule has 1 fully saturated rings. The summed E-state index contributed by atoms with van der Waals surface area (Å²) in [5.41, 5.74) is -4.76. The second kappa shape index (κ2) is 6.89. The number of carbonyl (C=O) groups excluding carboxylic acids is 2. The number of amides is 3. The first kappa shape index (κ1) is 19.8. The number of urea groups is 1. The first-order chi connectivity index (χ1) is 13.0. The van der Waals surface area contributed by atoms with Gasteiger partial charge in [-0.05, 0) is 42.8 Å². The Labute approximate surface area is 158 Å². The maximum atomic E-state index is 12.7. The number of nitrogens with zero attached hydrogens (tertiary/aromatic N) is 3. The van der Waals surface area contributed by atoms with Crippen LogP contribution in [-0.4, -0.2) is 41.8 Å². The predicted molar refractivity (Wildman–Crippen MR) is 91.8 cm³/mol. The Kier molecular flexibility index (Phi) is 4.88. The van der Waals surface area contributed by atoms with Gasteiger partial charge < -0.3 is 4.90 Å². The summed E-state index contributed by atoms with van der Waals surface area (Å²) in [4.78, 5) is 30.3. The minimum absolute atomic E-state index is 0.0170. The van der Waals surface area contributed by atoms with Gasteiger partial charge in [-0.15, -0.1) is 0 Å². The van der Waals surface area contributed by atoms with Gasteiger partial charge in [-0.1, -0.05) is 6.07 Å². The van der Waals surface area contributed by atoms with E-state index in [9.17, 15) is 31.2 Å². The lowest BCUT2D eigenvalue weighted by molar-refractivity contribution is -0.119. The van der Waals surface area contributed by atoms with Gasteiger partial charge in [-0.2, -0.15) is 13.2 Å². The molecule has 148 valence electrons. The van der Waals surface area contributed by atoms with Gasteiger partial charge in [0.05, 0.1) is 10.6 Å². The fraction of sp³-hybridized carbons (Fsp3) is 0.235. The van der Waals surface area contributed by atoms with Gasteiger partial charge in [0, 0.05) is 18.9 Å². The first-order valence-corrected chi connectivity index (χ1v) is 9.47. The van der Waals surface area contributed by atoms with Gasteiger partial charge in [-0.25, -0.2) is 18.1 Å². The summed E-state index contributed by atoms with van der Waals surface area (Å²) in [6.07, 6.45) is 3.11. The number of anilines is 1. The van der Waals surface area contributed by atoms with E-state index in [-0.39, 0.29) is 12.2 Å². The van der Waals surface area contributed by atoms with Crippen molar-refractivity contribution in [2.24, 2.45) is 0 Å². The molecule has 2 heterocycles. The van der Waals surface area contributed by atoms with Crippen LogP contribution in [0.2, 0.25) is 0 Å². The van der Waals surface area contributed by atoms with Crippen LogP contribution in [0.3, 0.4) is 0 Å². The van der Waals surface area contributed by atoms with Gasteiger partial charge >= 0.3 is 11.5 Å². The lowest BCUT2D eigenvalue weighted by Gasteiger charge is -2.19. The number of imide groups is 1. The fourth-order valence-corrected chi connectivity index (χ4v) is 3.51. The molecular weight excluding hydrogens is 399 g/mol. The number of benzene rings is 1. The summed E-state index contributed by atoms with van der Waals surface area (Å²) in [7, 11) is -5.51. The maximum absolute atomic E-state index is 12.7. The number of halogens is 3. The average Bonchev–Trinajstić information content (AvgIpc) is 2.85. The largest absolute Gasteiger partial charge is 0.501 e. The number of sulfone groups is 1. The maximum Gasteiger partial charge on any atom is 0.501 e. The van der Waals surface area contributed by atoms with Crippen LogP contribution in [0.4, 0.5) is 23.7 Å². The van der Waals surface area contributed by atoms with Crippen molar-refractivity contribution in [2.45, 2.75) is 29.9 Å². The van der Waals surface area contributed by atoms with Crippen molar-refractivity contribution in [1.29, 1.82) is 0 Å². The van der Waals surface area contributed by atoms with Crippen molar-refractivity contribution in [2.75, 3.05) is 4.90 Å². The normalized spacial score (nSPS) is 18.1. The Hall–Kier alpha value is -2.95. The molecule has 0 unspecified atom stereocenters. The molecule has 3 amide bonds. The number of hydrogen-bond donors (Lipinski definition) is 0. The monoisotopic (exact) mass is 413 g/mol. The van der Waals surface area contributed by atoms with E-state index in [1.54, 1.807) is 24.5 Å². The molecule has 28 heavy (non-hydrogen) atoms. The topological polar surface area (TPSA) is 87.7 Å². The van der Waals surface area contributed by atoms with Crippen LogP contribution in [0.1, 0.15) is 12.5 Å². The summed E-state index contributed by atoms with van der Waals surface area (Å²) >= 11 is 0. The molecule has 0 saturated carbocycles. The van der Waals surface area contributed by atoms with E-state index in [2.05, 4.69) is 4.98 Å². The van der Waals surface area contributed by atoms with Crippen molar-refractivity contribution < 1.29 is 31.2 Å². The van der Waals surface area contributed by atoms with Gasteiger partial charge in [-0.3, -0.25) is 9.78 Å². The summed E-state index contributed by atoms with van der Waals surface area (Å²) in [6, 6.07) is 5.37.